The normalized spacial score (nSPS) is 18.1. The third kappa shape index (κ3) is 2.09. The van der Waals surface area contributed by atoms with Crippen LogP contribution in [-0.2, 0) is 0 Å². The van der Waals surface area contributed by atoms with E-state index in [-0.39, 0.29) is 0 Å². The second-order valence-corrected chi connectivity index (χ2v) is 5.00. The number of nitrogens with one attached hydrogen (secondary N) is 1. The van der Waals surface area contributed by atoms with Crippen molar-refractivity contribution >= 4 is 11.0 Å². The molecule has 8 heteroatoms. The van der Waals surface area contributed by atoms with Crippen molar-refractivity contribution in [2.45, 2.75) is 12.2 Å². The number of halogens is 4. The molecule has 1 N–H and O–H groups in total. The molecule has 1 aliphatic heterocycles. The van der Waals surface area contributed by atoms with Crippen LogP contribution in [0.3, 0.4) is 0 Å². The monoisotopic (exact) mass is 324 g/mol. The number of H-pyrrole nitrogens is 1. The van der Waals surface area contributed by atoms with Crippen LogP contribution < -0.4 is 9.47 Å². The minimum absolute atomic E-state index is 0.401. The number of rotatable bonds is 1. The Bertz CT molecular complexity index is 874. The fourth-order valence-corrected chi connectivity index (χ4v) is 2.30. The molecular weight excluding hydrogens is 316 g/mol. The highest BCUT2D eigenvalue weighted by molar-refractivity contribution is 5.79. The Morgan fingerprint density at radius 3 is 2.30 bits per heavy atom. The number of nitrogens with zero attached hydrogens (tertiary/aromatic N) is 1. The molecule has 3 aromatic rings. The van der Waals surface area contributed by atoms with Gasteiger partial charge in [-0.3, -0.25) is 0 Å². The largest absolute Gasteiger partial charge is 0.507 e. The first-order chi connectivity index (χ1) is 10.9. The summed E-state index contributed by atoms with van der Waals surface area (Å²) < 4.78 is 60.9. The van der Waals surface area contributed by atoms with E-state index >= 15 is 0 Å². The topological polar surface area (TPSA) is 47.1 Å². The highest BCUT2D eigenvalue weighted by Crippen LogP contribution is 2.47. The molecule has 2 heterocycles. The van der Waals surface area contributed by atoms with Crippen LogP contribution in [0.2, 0.25) is 0 Å². The highest BCUT2D eigenvalue weighted by atomic mass is 19.3. The number of alkyl halides is 4. The van der Waals surface area contributed by atoms with Crippen molar-refractivity contribution in [3.8, 4) is 22.9 Å². The number of ether oxygens (including phenoxy) is 2. The summed E-state index contributed by atoms with van der Waals surface area (Å²) in [5, 5.41) is 0. The lowest BCUT2D eigenvalue weighted by atomic mass is 10.2. The Balaban J connectivity index is 1.78. The van der Waals surface area contributed by atoms with Crippen LogP contribution in [0.1, 0.15) is 0 Å². The van der Waals surface area contributed by atoms with E-state index in [2.05, 4.69) is 19.4 Å². The zero-order valence-electron chi connectivity index (χ0n) is 11.3. The lowest BCUT2D eigenvalue weighted by molar-refractivity contribution is -0.391. The van der Waals surface area contributed by atoms with Gasteiger partial charge in [0.25, 0.3) is 0 Å². The number of fused-ring (bicyclic) bond motifs is 2. The SMILES string of the molecule is FC1(F)Oc2ccc(-c3nc4ccccc4[nH]3)cc2OC1(F)F. The molecule has 0 bridgehead atoms. The van der Waals surface area contributed by atoms with E-state index in [0.717, 1.165) is 11.6 Å². The molecule has 0 aliphatic carbocycles. The lowest BCUT2D eigenvalue weighted by Gasteiger charge is -2.31. The number of hydrogen-bond donors (Lipinski definition) is 1. The Kier molecular flexibility index (Phi) is 2.64. The van der Waals surface area contributed by atoms with Crippen molar-refractivity contribution in [2.24, 2.45) is 0 Å². The Morgan fingerprint density at radius 1 is 0.870 bits per heavy atom. The molecule has 0 radical (unpaired) electrons. The summed E-state index contributed by atoms with van der Waals surface area (Å²) in [7, 11) is 0. The van der Waals surface area contributed by atoms with E-state index in [1.54, 1.807) is 18.2 Å². The van der Waals surface area contributed by atoms with Gasteiger partial charge in [-0.2, -0.15) is 17.6 Å². The molecule has 0 fully saturated rings. The van der Waals surface area contributed by atoms with Crippen molar-refractivity contribution < 1.29 is 27.0 Å². The summed E-state index contributed by atoms with van der Waals surface area (Å²) in [5.41, 5.74) is 1.85. The van der Waals surface area contributed by atoms with Gasteiger partial charge in [-0.1, -0.05) is 12.1 Å². The first kappa shape index (κ1) is 13.9. The first-order valence-corrected chi connectivity index (χ1v) is 6.59. The summed E-state index contributed by atoms with van der Waals surface area (Å²) in [6.45, 7) is 0. The molecule has 23 heavy (non-hydrogen) atoms. The molecule has 0 saturated carbocycles. The molecule has 0 atom stereocenters. The summed E-state index contributed by atoms with van der Waals surface area (Å²) in [4.78, 5) is 7.32. The zero-order chi connectivity index (χ0) is 16.2. The fourth-order valence-electron chi connectivity index (χ4n) is 2.30. The maximum absolute atomic E-state index is 13.2. The van der Waals surface area contributed by atoms with Crippen molar-refractivity contribution in [3.63, 3.8) is 0 Å². The predicted octanol–water partition coefficient (Wildman–Crippen LogP) is 4.19. The molecule has 4 rings (SSSR count). The number of aromatic nitrogens is 2. The van der Waals surface area contributed by atoms with Crippen molar-refractivity contribution in [3.05, 3.63) is 42.5 Å². The standard InChI is InChI=1S/C15H8F4N2O2/c16-14(17)15(18,19)23-12-7-8(5-6-11(12)22-14)13-20-9-3-1-2-4-10(9)21-13/h1-7H,(H,20,21). The molecule has 0 saturated heterocycles. The maximum atomic E-state index is 13.2. The van der Waals surface area contributed by atoms with Crippen molar-refractivity contribution in [1.29, 1.82) is 0 Å². The van der Waals surface area contributed by atoms with Gasteiger partial charge in [-0.15, -0.1) is 0 Å². The maximum Gasteiger partial charge on any atom is 0.507 e. The van der Waals surface area contributed by atoms with Crippen LogP contribution >= 0.6 is 0 Å². The molecule has 4 nitrogen and oxygen atoms in total. The summed E-state index contributed by atoms with van der Waals surface area (Å²) in [6.07, 6.45) is -9.46. The minimum atomic E-state index is -4.74. The van der Waals surface area contributed by atoms with E-state index in [9.17, 15) is 17.6 Å². The molecule has 0 spiro atoms. The Labute approximate surface area is 126 Å². The van der Waals surface area contributed by atoms with Crippen molar-refractivity contribution in [2.75, 3.05) is 0 Å². The molecule has 2 aromatic carbocycles. The molecule has 0 amide bonds. The van der Waals surface area contributed by atoms with E-state index in [1.165, 1.54) is 12.1 Å². The number of benzene rings is 2. The van der Waals surface area contributed by atoms with Gasteiger partial charge in [0.05, 0.1) is 11.0 Å². The van der Waals surface area contributed by atoms with E-state index < -0.39 is 23.7 Å². The van der Waals surface area contributed by atoms with Gasteiger partial charge in [0, 0.05) is 5.56 Å². The van der Waals surface area contributed by atoms with E-state index in [4.69, 9.17) is 0 Å². The van der Waals surface area contributed by atoms with Gasteiger partial charge < -0.3 is 14.5 Å². The third-order valence-electron chi connectivity index (χ3n) is 3.42. The highest BCUT2D eigenvalue weighted by Gasteiger charge is 2.65. The van der Waals surface area contributed by atoms with Crippen LogP contribution in [-0.4, -0.2) is 22.2 Å². The molecule has 1 aliphatic rings. The minimum Gasteiger partial charge on any atom is -0.421 e. The number of aromatic amines is 1. The van der Waals surface area contributed by atoms with Crippen LogP contribution in [0.25, 0.3) is 22.4 Å². The number of para-hydroxylation sites is 2. The van der Waals surface area contributed by atoms with Crippen LogP contribution in [0, 0.1) is 0 Å². The quantitative estimate of drug-likeness (QED) is 0.683. The summed E-state index contributed by atoms with van der Waals surface area (Å²) in [6, 6.07) is 11.0. The summed E-state index contributed by atoms with van der Waals surface area (Å²) in [5.74, 6) is -0.530. The fraction of sp³-hybridized carbons (Fsp3) is 0.133. The Morgan fingerprint density at radius 2 is 1.57 bits per heavy atom. The lowest BCUT2D eigenvalue weighted by Crippen LogP contribution is -2.52. The molecule has 1 aromatic heterocycles. The molecular formula is C15H8F4N2O2. The number of imidazole rings is 1. The molecule has 118 valence electrons. The average Bonchev–Trinajstić information content (AvgIpc) is 2.91. The second-order valence-electron chi connectivity index (χ2n) is 5.00. The van der Waals surface area contributed by atoms with E-state index in [0.29, 0.717) is 16.9 Å². The van der Waals surface area contributed by atoms with Crippen LogP contribution in [0.4, 0.5) is 17.6 Å². The van der Waals surface area contributed by atoms with Gasteiger partial charge in [0.1, 0.15) is 5.82 Å². The van der Waals surface area contributed by atoms with Gasteiger partial charge in [-0.05, 0) is 30.3 Å². The van der Waals surface area contributed by atoms with Crippen molar-refractivity contribution in [1.82, 2.24) is 9.97 Å². The second kappa shape index (κ2) is 4.37. The predicted molar refractivity (Wildman–Crippen MR) is 72.7 cm³/mol. The van der Waals surface area contributed by atoms with Gasteiger partial charge in [0.15, 0.2) is 11.5 Å². The van der Waals surface area contributed by atoms with Gasteiger partial charge in [0.2, 0.25) is 0 Å². The van der Waals surface area contributed by atoms with Crippen LogP contribution in [0.15, 0.2) is 42.5 Å². The number of hydrogen-bond acceptors (Lipinski definition) is 3. The van der Waals surface area contributed by atoms with E-state index in [1.807, 2.05) is 6.07 Å². The average molecular weight is 324 g/mol. The van der Waals surface area contributed by atoms with Crippen LogP contribution in [0.5, 0.6) is 11.5 Å². The smallest absolute Gasteiger partial charge is 0.421 e. The van der Waals surface area contributed by atoms with Gasteiger partial charge >= 0.3 is 12.2 Å². The Hall–Kier alpha value is -2.77. The molecule has 0 unspecified atom stereocenters. The third-order valence-corrected chi connectivity index (χ3v) is 3.42. The first-order valence-electron chi connectivity index (χ1n) is 6.59. The van der Waals surface area contributed by atoms with Gasteiger partial charge in [-0.25, -0.2) is 4.98 Å². The summed E-state index contributed by atoms with van der Waals surface area (Å²) >= 11 is 0. The zero-order valence-corrected chi connectivity index (χ0v) is 11.3.